The number of nitrogens with zero attached hydrogens (tertiary/aromatic N) is 1. The van der Waals surface area contributed by atoms with E-state index in [1.807, 2.05) is 0 Å². The molecule has 1 rings (SSSR count). The lowest BCUT2D eigenvalue weighted by Gasteiger charge is -2.33. The molecule has 1 aliphatic heterocycles. The van der Waals surface area contributed by atoms with Crippen molar-refractivity contribution in [2.45, 2.75) is 39.3 Å². The van der Waals surface area contributed by atoms with Crippen LogP contribution >= 0.6 is 0 Å². The lowest BCUT2D eigenvalue weighted by molar-refractivity contribution is 0.0738. The van der Waals surface area contributed by atoms with Crippen molar-refractivity contribution in [3.8, 4) is 0 Å². The van der Waals surface area contributed by atoms with Crippen LogP contribution in [0.4, 0.5) is 0 Å². The fourth-order valence-electron chi connectivity index (χ4n) is 1.39. The SMILES string of the molecule is C[C@H]1COCN1C(C)(C)C. The molecule has 0 saturated carbocycles. The molecule has 0 bridgehead atoms. The van der Waals surface area contributed by atoms with Crippen LogP contribution in [0.1, 0.15) is 27.7 Å². The average molecular weight is 143 g/mol. The third kappa shape index (κ3) is 1.50. The Hall–Kier alpha value is -0.0800. The largest absolute Gasteiger partial charge is 0.364 e. The van der Waals surface area contributed by atoms with Crippen molar-refractivity contribution >= 4 is 0 Å². The molecule has 60 valence electrons. The van der Waals surface area contributed by atoms with Gasteiger partial charge in [-0.3, -0.25) is 4.90 Å². The molecule has 0 radical (unpaired) electrons. The van der Waals surface area contributed by atoms with Gasteiger partial charge in [0.2, 0.25) is 0 Å². The van der Waals surface area contributed by atoms with E-state index >= 15 is 0 Å². The van der Waals surface area contributed by atoms with Crippen molar-refractivity contribution in [1.82, 2.24) is 4.90 Å². The second kappa shape index (κ2) is 2.51. The van der Waals surface area contributed by atoms with E-state index in [0.29, 0.717) is 6.04 Å². The molecular weight excluding hydrogens is 126 g/mol. The summed E-state index contributed by atoms with van der Waals surface area (Å²) in [4.78, 5) is 2.37. The van der Waals surface area contributed by atoms with Gasteiger partial charge in [-0.15, -0.1) is 0 Å². The molecule has 1 fully saturated rings. The molecule has 0 N–H and O–H groups in total. The Labute approximate surface area is 63.2 Å². The van der Waals surface area contributed by atoms with Crippen LogP contribution in [-0.2, 0) is 4.74 Å². The fourth-order valence-corrected chi connectivity index (χ4v) is 1.39. The van der Waals surface area contributed by atoms with Gasteiger partial charge >= 0.3 is 0 Å². The van der Waals surface area contributed by atoms with Gasteiger partial charge < -0.3 is 4.74 Å². The zero-order valence-corrected chi connectivity index (χ0v) is 7.35. The summed E-state index contributed by atoms with van der Waals surface area (Å²) in [5.41, 5.74) is 0.260. The highest BCUT2D eigenvalue weighted by atomic mass is 16.5. The maximum absolute atomic E-state index is 5.32. The summed E-state index contributed by atoms with van der Waals surface area (Å²) in [6.07, 6.45) is 0. The Balaban J connectivity index is 2.55. The van der Waals surface area contributed by atoms with Crippen LogP contribution in [0.25, 0.3) is 0 Å². The second-order valence-corrected chi connectivity index (χ2v) is 3.99. The highest BCUT2D eigenvalue weighted by Crippen LogP contribution is 2.20. The highest BCUT2D eigenvalue weighted by Gasteiger charge is 2.30. The molecule has 2 nitrogen and oxygen atoms in total. The highest BCUT2D eigenvalue weighted by molar-refractivity contribution is 4.81. The first-order valence-electron chi connectivity index (χ1n) is 3.86. The summed E-state index contributed by atoms with van der Waals surface area (Å²) in [5.74, 6) is 0. The number of hydrogen-bond acceptors (Lipinski definition) is 2. The van der Waals surface area contributed by atoms with E-state index in [-0.39, 0.29) is 5.54 Å². The van der Waals surface area contributed by atoms with E-state index in [4.69, 9.17) is 4.74 Å². The minimum absolute atomic E-state index is 0.260. The Morgan fingerprint density at radius 3 is 2.20 bits per heavy atom. The maximum atomic E-state index is 5.32. The second-order valence-electron chi connectivity index (χ2n) is 3.99. The molecule has 0 amide bonds. The molecule has 1 aliphatic rings. The Bertz CT molecular complexity index is 117. The molecule has 1 heterocycles. The van der Waals surface area contributed by atoms with Crippen LogP contribution in [0, 0.1) is 0 Å². The Morgan fingerprint density at radius 1 is 1.40 bits per heavy atom. The molecule has 2 heteroatoms. The first-order chi connectivity index (χ1) is 4.52. The van der Waals surface area contributed by atoms with E-state index in [1.54, 1.807) is 0 Å². The molecule has 0 aromatic rings. The molecule has 0 aromatic carbocycles. The predicted molar refractivity (Wildman–Crippen MR) is 41.9 cm³/mol. The fraction of sp³-hybridized carbons (Fsp3) is 1.00. The van der Waals surface area contributed by atoms with E-state index in [9.17, 15) is 0 Å². The first-order valence-corrected chi connectivity index (χ1v) is 3.86. The zero-order valence-electron chi connectivity index (χ0n) is 7.35. The van der Waals surface area contributed by atoms with Crippen LogP contribution in [0.5, 0.6) is 0 Å². The van der Waals surface area contributed by atoms with Crippen LogP contribution in [-0.4, -0.2) is 29.8 Å². The van der Waals surface area contributed by atoms with E-state index in [0.717, 1.165) is 13.3 Å². The van der Waals surface area contributed by atoms with E-state index in [1.165, 1.54) is 0 Å². The van der Waals surface area contributed by atoms with Gasteiger partial charge in [0.25, 0.3) is 0 Å². The van der Waals surface area contributed by atoms with Crippen molar-refractivity contribution < 1.29 is 4.74 Å². The lowest BCUT2D eigenvalue weighted by atomic mass is 10.1. The van der Waals surface area contributed by atoms with Gasteiger partial charge in [0, 0.05) is 11.6 Å². The van der Waals surface area contributed by atoms with Gasteiger partial charge in [-0.25, -0.2) is 0 Å². The third-order valence-electron chi connectivity index (χ3n) is 1.98. The van der Waals surface area contributed by atoms with Crippen molar-refractivity contribution in [1.29, 1.82) is 0 Å². The van der Waals surface area contributed by atoms with Gasteiger partial charge in [-0.2, -0.15) is 0 Å². The summed E-state index contributed by atoms with van der Waals surface area (Å²) >= 11 is 0. The summed E-state index contributed by atoms with van der Waals surface area (Å²) in [6.45, 7) is 10.6. The number of rotatable bonds is 0. The van der Waals surface area contributed by atoms with Crippen molar-refractivity contribution in [3.63, 3.8) is 0 Å². The van der Waals surface area contributed by atoms with Gasteiger partial charge in [-0.05, 0) is 27.7 Å². The number of hydrogen-bond donors (Lipinski definition) is 0. The van der Waals surface area contributed by atoms with Gasteiger partial charge in [0.05, 0.1) is 13.3 Å². The van der Waals surface area contributed by atoms with Crippen LogP contribution in [0.15, 0.2) is 0 Å². The van der Waals surface area contributed by atoms with E-state index < -0.39 is 0 Å². The summed E-state index contributed by atoms with van der Waals surface area (Å²) < 4.78 is 5.32. The molecule has 0 aliphatic carbocycles. The average Bonchev–Trinajstić information content (AvgIpc) is 2.11. The topological polar surface area (TPSA) is 12.5 Å². The maximum Gasteiger partial charge on any atom is 0.0998 e. The molecule has 1 atom stereocenters. The molecule has 1 saturated heterocycles. The quantitative estimate of drug-likeness (QED) is 0.509. The number of ether oxygens (including phenoxy) is 1. The predicted octanol–water partition coefficient (Wildman–Crippen LogP) is 1.46. The van der Waals surface area contributed by atoms with E-state index in [2.05, 4.69) is 32.6 Å². The first kappa shape index (κ1) is 8.02. The molecule has 0 unspecified atom stereocenters. The van der Waals surface area contributed by atoms with Crippen molar-refractivity contribution in [3.05, 3.63) is 0 Å². The summed E-state index contributed by atoms with van der Waals surface area (Å²) in [7, 11) is 0. The zero-order chi connectivity index (χ0) is 7.78. The monoisotopic (exact) mass is 143 g/mol. The van der Waals surface area contributed by atoms with Gasteiger partial charge in [0.1, 0.15) is 0 Å². The lowest BCUT2D eigenvalue weighted by Crippen LogP contribution is -2.43. The minimum atomic E-state index is 0.260. The molecular formula is C8H17NO. The standard InChI is InChI=1S/C8H17NO/c1-7-5-10-6-9(7)8(2,3)4/h7H,5-6H2,1-4H3/t7-/m0/s1. The van der Waals surface area contributed by atoms with Crippen LogP contribution < -0.4 is 0 Å². The van der Waals surface area contributed by atoms with Crippen LogP contribution in [0.3, 0.4) is 0 Å². The normalized spacial score (nSPS) is 29.4. The van der Waals surface area contributed by atoms with Crippen molar-refractivity contribution in [2.75, 3.05) is 13.3 Å². The summed E-state index contributed by atoms with van der Waals surface area (Å²) in [6, 6.07) is 0.583. The Morgan fingerprint density at radius 2 is 2.00 bits per heavy atom. The Kier molecular flexibility index (Phi) is 2.02. The van der Waals surface area contributed by atoms with Gasteiger partial charge in [-0.1, -0.05) is 0 Å². The van der Waals surface area contributed by atoms with Crippen molar-refractivity contribution in [2.24, 2.45) is 0 Å². The molecule has 0 aromatic heterocycles. The molecule has 0 spiro atoms. The summed E-state index contributed by atoms with van der Waals surface area (Å²) in [5, 5.41) is 0. The minimum Gasteiger partial charge on any atom is -0.364 e. The smallest absolute Gasteiger partial charge is 0.0998 e. The third-order valence-corrected chi connectivity index (χ3v) is 1.98. The van der Waals surface area contributed by atoms with Crippen LogP contribution in [0.2, 0.25) is 0 Å². The molecule has 10 heavy (non-hydrogen) atoms. The van der Waals surface area contributed by atoms with Gasteiger partial charge in [0.15, 0.2) is 0 Å².